The molecule has 0 unspecified atom stereocenters. The maximum atomic E-state index is 10.5. The number of morpholine rings is 1. The van der Waals surface area contributed by atoms with Gasteiger partial charge in [0.2, 0.25) is 0 Å². The van der Waals surface area contributed by atoms with Crippen molar-refractivity contribution in [3.63, 3.8) is 0 Å². The van der Waals surface area contributed by atoms with Crippen LogP contribution in [0.25, 0.3) is 0 Å². The fourth-order valence-electron chi connectivity index (χ4n) is 4.18. The molecule has 5 atom stereocenters. The Morgan fingerprint density at radius 3 is 2.17 bits per heavy atom. The summed E-state index contributed by atoms with van der Waals surface area (Å²) in [6.45, 7) is 15.2. The number of aliphatic hydroxyl groups is 2. The van der Waals surface area contributed by atoms with Gasteiger partial charge in [0.1, 0.15) is 0 Å². The van der Waals surface area contributed by atoms with Crippen molar-refractivity contribution in [2.24, 2.45) is 0 Å². The summed E-state index contributed by atoms with van der Waals surface area (Å²) in [4.78, 5) is 7.09. The number of piperazine rings is 1. The molecule has 0 saturated carbocycles. The molecule has 142 valence electrons. The first-order chi connectivity index (χ1) is 11.4. The molecule has 0 amide bonds. The van der Waals surface area contributed by atoms with Gasteiger partial charge in [0.05, 0.1) is 24.4 Å². The summed E-state index contributed by atoms with van der Waals surface area (Å²) < 4.78 is 5.76. The Labute approximate surface area is 147 Å². The third kappa shape index (κ3) is 6.24. The van der Waals surface area contributed by atoms with Crippen LogP contribution in [0.4, 0.5) is 0 Å². The predicted molar refractivity (Wildman–Crippen MR) is 96.2 cm³/mol. The van der Waals surface area contributed by atoms with Crippen molar-refractivity contribution in [2.45, 2.75) is 64.6 Å². The van der Waals surface area contributed by atoms with Gasteiger partial charge in [-0.2, -0.15) is 0 Å². The Bertz CT molecular complexity index is 359. The van der Waals surface area contributed by atoms with Crippen LogP contribution in [0.2, 0.25) is 0 Å². The van der Waals surface area contributed by atoms with Crippen molar-refractivity contribution in [2.75, 3.05) is 52.4 Å². The molecule has 2 heterocycles. The van der Waals surface area contributed by atoms with Crippen molar-refractivity contribution in [1.29, 1.82) is 0 Å². The van der Waals surface area contributed by atoms with E-state index in [2.05, 4.69) is 35.5 Å². The van der Waals surface area contributed by atoms with E-state index in [1.54, 1.807) is 0 Å². The van der Waals surface area contributed by atoms with Gasteiger partial charge < -0.3 is 14.9 Å². The molecule has 2 fully saturated rings. The van der Waals surface area contributed by atoms with Crippen LogP contribution in [-0.2, 0) is 4.74 Å². The minimum absolute atomic E-state index is 0.245. The predicted octanol–water partition coefficient (Wildman–Crippen LogP) is 0.234. The van der Waals surface area contributed by atoms with Gasteiger partial charge >= 0.3 is 0 Å². The molecule has 0 aromatic carbocycles. The second-order valence-corrected chi connectivity index (χ2v) is 7.80. The molecular formula is C18H37N3O3. The summed E-state index contributed by atoms with van der Waals surface area (Å²) in [6.07, 6.45) is 0.978. The molecule has 2 saturated heterocycles. The zero-order valence-electron chi connectivity index (χ0n) is 15.9. The van der Waals surface area contributed by atoms with Crippen LogP contribution in [0.1, 0.15) is 34.1 Å². The molecule has 24 heavy (non-hydrogen) atoms. The van der Waals surface area contributed by atoms with Gasteiger partial charge in [0.15, 0.2) is 0 Å². The van der Waals surface area contributed by atoms with Gasteiger partial charge in [-0.05, 0) is 27.2 Å². The first-order valence-electron chi connectivity index (χ1n) is 9.57. The van der Waals surface area contributed by atoms with E-state index in [1.165, 1.54) is 0 Å². The highest BCUT2D eigenvalue weighted by atomic mass is 16.5. The fourth-order valence-corrected chi connectivity index (χ4v) is 4.18. The number of nitrogens with zero attached hydrogens (tertiary/aromatic N) is 3. The molecule has 2 aliphatic rings. The van der Waals surface area contributed by atoms with Crippen LogP contribution in [0, 0.1) is 0 Å². The third-order valence-electron chi connectivity index (χ3n) is 5.09. The largest absolute Gasteiger partial charge is 0.392 e. The molecule has 0 bridgehead atoms. The van der Waals surface area contributed by atoms with Crippen LogP contribution in [0.5, 0.6) is 0 Å². The van der Waals surface area contributed by atoms with E-state index in [4.69, 9.17) is 4.74 Å². The Kier molecular flexibility index (Phi) is 7.91. The van der Waals surface area contributed by atoms with Crippen LogP contribution in [0.3, 0.4) is 0 Å². The molecule has 0 spiro atoms. The van der Waals surface area contributed by atoms with Gasteiger partial charge in [-0.15, -0.1) is 0 Å². The highest BCUT2D eigenvalue weighted by molar-refractivity contribution is 4.84. The van der Waals surface area contributed by atoms with Crippen LogP contribution in [-0.4, -0.2) is 108 Å². The topological polar surface area (TPSA) is 59.4 Å². The second kappa shape index (κ2) is 9.46. The normalized spacial score (nSPS) is 33.5. The quantitative estimate of drug-likeness (QED) is 0.690. The molecule has 2 rings (SSSR count). The summed E-state index contributed by atoms with van der Waals surface area (Å²) in [5.41, 5.74) is 0. The molecule has 6 heteroatoms. The van der Waals surface area contributed by atoms with Crippen molar-refractivity contribution in [1.82, 2.24) is 14.7 Å². The number of ether oxygens (including phenoxy) is 1. The zero-order chi connectivity index (χ0) is 17.7. The summed E-state index contributed by atoms with van der Waals surface area (Å²) in [5, 5.41) is 20.2. The Balaban J connectivity index is 1.76. The Morgan fingerprint density at radius 2 is 1.58 bits per heavy atom. The lowest BCUT2D eigenvalue weighted by Crippen LogP contribution is -2.56. The lowest BCUT2D eigenvalue weighted by atomic mass is 10.1. The van der Waals surface area contributed by atoms with Crippen molar-refractivity contribution in [3.8, 4) is 0 Å². The molecule has 2 aliphatic heterocycles. The number of hydrogen-bond acceptors (Lipinski definition) is 6. The lowest BCUT2D eigenvalue weighted by molar-refractivity contribution is -0.0792. The van der Waals surface area contributed by atoms with Gasteiger partial charge in [-0.25, -0.2) is 0 Å². The maximum absolute atomic E-state index is 10.5. The number of hydrogen-bond donors (Lipinski definition) is 2. The van der Waals surface area contributed by atoms with Crippen LogP contribution < -0.4 is 0 Å². The van der Waals surface area contributed by atoms with Crippen LogP contribution in [0.15, 0.2) is 0 Å². The molecule has 0 aromatic rings. The monoisotopic (exact) mass is 343 g/mol. The first kappa shape index (κ1) is 20.1. The maximum Gasteiger partial charge on any atom is 0.0793 e. The summed E-state index contributed by atoms with van der Waals surface area (Å²) in [7, 11) is 0. The van der Waals surface area contributed by atoms with E-state index in [0.29, 0.717) is 6.04 Å². The first-order valence-corrected chi connectivity index (χ1v) is 9.57. The van der Waals surface area contributed by atoms with E-state index in [0.717, 1.165) is 58.8 Å². The van der Waals surface area contributed by atoms with Gasteiger partial charge in [-0.3, -0.25) is 14.7 Å². The third-order valence-corrected chi connectivity index (χ3v) is 5.09. The highest BCUT2D eigenvalue weighted by Crippen LogP contribution is 2.15. The Morgan fingerprint density at radius 1 is 0.958 bits per heavy atom. The van der Waals surface area contributed by atoms with Crippen molar-refractivity contribution >= 4 is 0 Å². The zero-order valence-corrected chi connectivity index (χ0v) is 15.9. The highest BCUT2D eigenvalue weighted by Gasteiger charge is 2.29. The van der Waals surface area contributed by atoms with Crippen molar-refractivity contribution < 1.29 is 14.9 Å². The summed E-state index contributed by atoms with van der Waals surface area (Å²) in [5.74, 6) is 0. The molecule has 2 N–H and O–H groups in total. The van der Waals surface area contributed by atoms with Gasteiger partial charge in [0, 0.05) is 58.4 Å². The van der Waals surface area contributed by atoms with E-state index in [-0.39, 0.29) is 24.4 Å². The summed E-state index contributed by atoms with van der Waals surface area (Å²) >= 11 is 0. The van der Waals surface area contributed by atoms with Gasteiger partial charge in [-0.1, -0.05) is 6.92 Å². The molecule has 0 aromatic heterocycles. The van der Waals surface area contributed by atoms with E-state index >= 15 is 0 Å². The molecule has 0 radical (unpaired) electrons. The SMILES string of the molecule is CC[C@@H]1CN(C[C@H](O)CN2C[C@H](C)O[C@@H](C)C2)CCN1C[C@H](C)O. The molecule has 0 aliphatic carbocycles. The second-order valence-electron chi connectivity index (χ2n) is 7.80. The Hall–Kier alpha value is -0.240. The average molecular weight is 344 g/mol. The van der Waals surface area contributed by atoms with Crippen molar-refractivity contribution in [3.05, 3.63) is 0 Å². The molecular weight excluding hydrogens is 306 g/mol. The molecule has 6 nitrogen and oxygen atoms in total. The smallest absolute Gasteiger partial charge is 0.0793 e. The van der Waals surface area contributed by atoms with E-state index in [1.807, 2.05) is 6.92 Å². The van der Waals surface area contributed by atoms with Gasteiger partial charge in [0.25, 0.3) is 0 Å². The standard InChI is InChI=1S/C18H37N3O3/c1-5-17-11-19(6-7-21(17)8-14(2)22)12-18(23)13-20-9-15(3)24-16(4)10-20/h14-18,22-23H,5-13H2,1-4H3/t14-,15-,16-,17+,18-/m0/s1. The van der Waals surface area contributed by atoms with Crippen LogP contribution >= 0.6 is 0 Å². The minimum atomic E-state index is -0.316. The average Bonchev–Trinajstić information content (AvgIpc) is 2.47. The lowest BCUT2D eigenvalue weighted by Gasteiger charge is -2.43. The number of aliphatic hydroxyl groups excluding tert-OH is 2. The number of rotatable bonds is 7. The summed E-state index contributed by atoms with van der Waals surface area (Å²) in [6, 6.07) is 0.476. The fraction of sp³-hybridized carbons (Fsp3) is 1.00. The van der Waals surface area contributed by atoms with E-state index < -0.39 is 0 Å². The minimum Gasteiger partial charge on any atom is -0.392 e. The number of β-amino-alcohol motifs (C(OH)–C–C–N with tert-alkyl or cyclic N) is 2. The van der Waals surface area contributed by atoms with E-state index in [9.17, 15) is 10.2 Å².